The first kappa shape index (κ1) is 16.2. The SMILES string of the molecule is CNC(CS(=O)C(C)(C)C)c1cc(C)ccc1OC. The maximum atomic E-state index is 12.3. The quantitative estimate of drug-likeness (QED) is 0.903. The van der Waals surface area contributed by atoms with Gasteiger partial charge in [0.25, 0.3) is 0 Å². The summed E-state index contributed by atoms with van der Waals surface area (Å²) >= 11 is 0. The van der Waals surface area contributed by atoms with Gasteiger partial charge < -0.3 is 10.1 Å². The van der Waals surface area contributed by atoms with E-state index in [4.69, 9.17) is 4.74 Å². The highest BCUT2D eigenvalue weighted by Gasteiger charge is 2.24. The number of rotatable bonds is 5. The van der Waals surface area contributed by atoms with E-state index in [1.165, 1.54) is 5.56 Å². The summed E-state index contributed by atoms with van der Waals surface area (Å²) < 4.78 is 17.5. The smallest absolute Gasteiger partial charge is 0.123 e. The van der Waals surface area contributed by atoms with E-state index in [0.29, 0.717) is 5.75 Å². The first-order chi connectivity index (χ1) is 8.79. The molecule has 0 radical (unpaired) electrons. The van der Waals surface area contributed by atoms with Crippen molar-refractivity contribution in [1.82, 2.24) is 5.32 Å². The van der Waals surface area contributed by atoms with E-state index < -0.39 is 10.8 Å². The number of hydrogen-bond acceptors (Lipinski definition) is 3. The lowest BCUT2D eigenvalue weighted by atomic mass is 10.0. The van der Waals surface area contributed by atoms with E-state index in [2.05, 4.69) is 18.3 Å². The van der Waals surface area contributed by atoms with E-state index in [1.807, 2.05) is 40.0 Å². The largest absolute Gasteiger partial charge is 0.496 e. The fourth-order valence-electron chi connectivity index (χ4n) is 1.86. The molecule has 3 nitrogen and oxygen atoms in total. The molecule has 0 heterocycles. The second-order valence-corrected chi connectivity index (χ2v) is 7.96. The number of ether oxygens (including phenoxy) is 1. The highest BCUT2D eigenvalue weighted by Crippen LogP contribution is 2.28. The highest BCUT2D eigenvalue weighted by molar-refractivity contribution is 7.86. The van der Waals surface area contributed by atoms with Crippen LogP contribution in [-0.4, -0.2) is 28.9 Å². The van der Waals surface area contributed by atoms with Crippen LogP contribution in [0.1, 0.15) is 37.9 Å². The molecule has 1 aromatic carbocycles. The Morgan fingerprint density at radius 2 is 2.00 bits per heavy atom. The Labute approximate surface area is 119 Å². The van der Waals surface area contributed by atoms with Crippen molar-refractivity contribution < 1.29 is 8.95 Å². The molecular formula is C15H25NO2S. The van der Waals surface area contributed by atoms with Crippen LogP contribution in [0.5, 0.6) is 5.75 Å². The topological polar surface area (TPSA) is 38.3 Å². The molecule has 2 unspecified atom stereocenters. The monoisotopic (exact) mass is 283 g/mol. The van der Waals surface area contributed by atoms with Crippen molar-refractivity contribution in [3.05, 3.63) is 29.3 Å². The molecule has 0 aromatic heterocycles. The van der Waals surface area contributed by atoms with Crippen molar-refractivity contribution >= 4 is 10.8 Å². The predicted molar refractivity (Wildman–Crippen MR) is 82.3 cm³/mol. The molecule has 4 heteroatoms. The van der Waals surface area contributed by atoms with Crippen LogP contribution >= 0.6 is 0 Å². The lowest BCUT2D eigenvalue weighted by molar-refractivity contribution is 0.404. The molecule has 0 aliphatic carbocycles. The predicted octanol–water partition coefficient (Wildman–Crippen LogP) is 2.81. The highest BCUT2D eigenvalue weighted by atomic mass is 32.2. The molecule has 19 heavy (non-hydrogen) atoms. The second kappa shape index (κ2) is 6.53. The summed E-state index contributed by atoms with van der Waals surface area (Å²) in [5, 5.41) is 3.25. The van der Waals surface area contributed by atoms with Gasteiger partial charge in [-0.2, -0.15) is 0 Å². The minimum absolute atomic E-state index is 0.0370. The molecular weight excluding hydrogens is 258 g/mol. The van der Waals surface area contributed by atoms with E-state index in [0.717, 1.165) is 11.3 Å². The molecule has 0 amide bonds. The zero-order valence-electron chi connectivity index (χ0n) is 12.7. The van der Waals surface area contributed by atoms with Gasteiger partial charge in [-0.3, -0.25) is 4.21 Å². The molecule has 1 aromatic rings. The number of benzene rings is 1. The summed E-state index contributed by atoms with van der Waals surface area (Å²) in [7, 11) is 2.66. The molecule has 1 rings (SSSR count). The normalized spacial score (nSPS) is 15.1. The van der Waals surface area contributed by atoms with Gasteiger partial charge in [-0.25, -0.2) is 0 Å². The van der Waals surface area contributed by atoms with E-state index in [9.17, 15) is 4.21 Å². The van der Waals surface area contributed by atoms with Crippen molar-refractivity contribution in [2.45, 2.75) is 38.5 Å². The minimum Gasteiger partial charge on any atom is -0.496 e. The third-order valence-electron chi connectivity index (χ3n) is 3.11. The lowest BCUT2D eigenvalue weighted by Crippen LogP contribution is -2.31. The van der Waals surface area contributed by atoms with E-state index in [1.54, 1.807) is 7.11 Å². The van der Waals surface area contributed by atoms with Crippen molar-refractivity contribution in [3.63, 3.8) is 0 Å². The van der Waals surface area contributed by atoms with Gasteiger partial charge in [0.15, 0.2) is 0 Å². The van der Waals surface area contributed by atoms with Gasteiger partial charge in [0, 0.05) is 32.9 Å². The van der Waals surface area contributed by atoms with Crippen LogP contribution in [0.4, 0.5) is 0 Å². The molecule has 0 saturated heterocycles. The van der Waals surface area contributed by atoms with Crippen molar-refractivity contribution in [2.24, 2.45) is 0 Å². The van der Waals surface area contributed by atoms with Crippen LogP contribution in [0, 0.1) is 6.92 Å². The molecule has 0 aliphatic heterocycles. The molecule has 2 atom stereocenters. The average molecular weight is 283 g/mol. The maximum absolute atomic E-state index is 12.3. The summed E-state index contributed by atoms with van der Waals surface area (Å²) in [6.45, 7) is 8.06. The van der Waals surface area contributed by atoms with Gasteiger partial charge in [0.05, 0.1) is 7.11 Å². The summed E-state index contributed by atoms with van der Waals surface area (Å²) in [6, 6.07) is 6.12. The molecule has 108 valence electrons. The first-order valence-electron chi connectivity index (χ1n) is 6.50. The van der Waals surface area contributed by atoms with Crippen LogP contribution in [0.25, 0.3) is 0 Å². The number of hydrogen-bond donors (Lipinski definition) is 1. The molecule has 0 fully saturated rings. The molecule has 0 spiro atoms. The Hall–Kier alpha value is -0.870. The van der Waals surface area contributed by atoms with E-state index >= 15 is 0 Å². The van der Waals surface area contributed by atoms with Gasteiger partial charge in [0.2, 0.25) is 0 Å². The lowest BCUT2D eigenvalue weighted by Gasteiger charge is -2.24. The summed E-state index contributed by atoms with van der Waals surface area (Å²) in [5.74, 6) is 1.43. The zero-order valence-corrected chi connectivity index (χ0v) is 13.6. The summed E-state index contributed by atoms with van der Waals surface area (Å²) in [6.07, 6.45) is 0. The molecule has 0 bridgehead atoms. The third kappa shape index (κ3) is 4.32. The second-order valence-electron chi connectivity index (χ2n) is 5.71. The standard InChI is InChI=1S/C15H25NO2S/c1-11-7-8-14(18-6)12(9-11)13(16-5)10-19(17)15(2,3)4/h7-9,13,16H,10H2,1-6H3. The van der Waals surface area contributed by atoms with Gasteiger partial charge in [0.1, 0.15) is 5.75 Å². The van der Waals surface area contributed by atoms with Crippen LogP contribution in [0.2, 0.25) is 0 Å². The van der Waals surface area contributed by atoms with Crippen molar-refractivity contribution in [1.29, 1.82) is 0 Å². The van der Waals surface area contributed by atoms with Gasteiger partial charge >= 0.3 is 0 Å². The third-order valence-corrected chi connectivity index (χ3v) is 5.11. The Morgan fingerprint density at radius 1 is 1.37 bits per heavy atom. The maximum Gasteiger partial charge on any atom is 0.123 e. The van der Waals surface area contributed by atoms with Gasteiger partial charge in [-0.05, 0) is 40.8 Å². The fraction of sp³-hybridized carbons (Fsp3) is 0.600. The minimum atomic E-state index is -0.903. The number of nitrogens with one attached hydrogen (secondary N) is 1. The molecule has 1 N–H and O–H groups in total. The Kier molecular flexibility index (Phi) is 5.56. The zero-order chi connectivity index (χ0) is 14.6. The Bertz CT molecular complexity index is 452. The van der Waals surface area contributed by atoms with Crippen LogP contribution in [-0.2, 0) is 10.8 Å². The molecule has 0 saturated carbocycles. The number of aryl methyl sites for hydroxylation is 1. The van der Waals surface area contributed by atoms with E-state index in [-0.39, 0.29) is 10.8 Å². The average Bonchev–Trinajstić information content (AvgIpc) is 2.34. The van der Waals surface area contributed by atoms with Crippen LogP contribution < -0.4 is 10.1 Å². The summed E-state index contributed by atoms with van der Waals surface area (Å²) in [4.78, 5) is 0. The van der Waals surface area contributed by atoms with Gasteiger partial charge in [-0.15, -0.1) is 0 Å². The van der Waals surface area contributed by atoms with Crippen molar-refractivity contribution in [3.8, 4) is 5.75 Å². The van der Waals surface area contributed by atoms with Crippen LogP contribution in [0.15, 0.2) is 18.2 Å². The van der Waals surface area contributed by atoms with Crippen molar-refractivity contribution in [2.75, 3.05) is 19.9 Å². The first-order valence-corrected chi connectivity index (χ1v) is 7.81. The fourth-order valence-corrected chi connectivity index (χ4v) is 3.01. The Balaban J connectivity index is 3.03. The molecule has 0 aliphatic rings. The summed E-state index contributed by atoms with van der Waals surface area (Å²) in [5.41, 5.74) is 2.25. The Morgan fingerprint density at radius 3 is 2.47 bits per heavy atom. The van der Waals surface area contributed by atoms with Crippen LogP contribution in [0.3, 0.4) is 0 Å². The van der Waals surface area contributed by atoms with Gasteiger partial charge in [-0.1, -0.05) is 17.7 Å². The number of methoxy groups -OCH3 is 1.